The summed E-state index contributed by atoms with van der Waals surface area (Å²) in [6, 6.07) is 20.6. The molecule has 0 saturated carbocycles. The fourth-order valence-corrected chi connectivity index (χ4v) is 3.69. The lowest BCUT2D eigenvalue weighted by molar-refractivity contribution is 0.249. The van der Waals surface area contributed by atoms with Crippen molar-refractivity contribution < 1.29 is 0 Å². The van der Waals surface area contributed by atoms with E-state index in [2.05, 4.69) is 55.4 Å². The SMILES string of the molecule is c1ccc(CN2CCN(c3nc(Nc4ccccc4)c4nccnc4n3)CC2)cc1. The van der Waals surface area contributed by atoms with Crippen LogP contribution < -0.4 is 10.2 Å². The molecule has 0 amide bonds. The van der Waals surface area contributed by atoms with Gasteiger partial charge in [-0.3, -0.25) is 4.90 Å². The van der Waals surface area contributed by atoms with Crippen LogP contribution in [0.2, 0.25) is 0 Å². The fourth-order valence-electron chi connectivity index (χ4n) is 3.69. The molecule has 1 N–H and O–H groups in total. The summed E-state index contributed by atoms with van der Waals surface area (Å²) in [5.74, 6) is 1.38. The average Bonchev–Trinajstić information content (AvgIpc) is 2.81. The van der Waals surface area contributed by atoms with Crippen molar-refractivity contribution in [3.63, 3.8) is 0 Å². The van der Waals surface area contributed by atoms with Gasteiger partial charge in [0.05, 0.1) is 0 Å². The van der Waals surface area contributed by atoms with E-state index in [0.29, 0.717) is 22.9 Å². The Hall–Kier alpha value is -3.58. The molecule has 0 radical (unpaired) electrons. The van der Waals surface area contributed by atoms with Crippen molar-refractivity contribution in [1.29, 1.82) is 0 Å². The van der Waals surface area contributed by atoms with Crippen molar-refractivity contribution in [3.05, 3.63) is 78.6 Å². The first kappa shape index (κ1) is 18.4. The number of aromatic nitrogens is 4. The Balaban J connectivity index is 1.36. The van der Waals surface area contributed by atoms with Crippen LogP contribution in [-0.2, 0) is 6.54 Å². The van der Waals surface area contributed by atoms with Crippen molar-refractivity contribution in [3.8, 4) is 0 Å². The zero-order chi connectivity index (χ0) is 20.2. The molecule has 1 aliphatic heterocycles. The van der Waals surface area contributed by atoms with Crippen LogP contribution in [0.4, 0.5) is 17.5 Å². The van der Waals surface area contributed by atoms with Gasteiger partial charge in [0.2, 0.25) is 5.95 Å². The summed E-state index contributed by atoms with van der Waals surface area (Å²) in [6.07, 6.45) is 3.34. The third-order valence-electron chi connectivity index (χ3n) is 5.26. The molecular formula is C23H23N7. The van der Waals surface area contributed by atoms with Gasteiger partial charge in [0.15, 0.2) is 17.0 Å². The number of benzene rings is 2. The number of nitrogens with zero attached hydrogens (tertiary/aromatic N) is 6. The molecular weight excluding hydrogens is 374 g/mol. The number of nitrogens with one attached hydrogen (secondary N) is 1. The Morgan fingerprint density at radius 2 is 1.47 bits per heavy atom. The molecule has 1 fully saturated rings. The van der Waals surface area contributed by atoms with E-state index in [4.69, 9.17) is 9.97 Å². The van der Waals surface area contributed by atoms with E-state index < -0.39 is 0 Å². The molecule has 2 aromatic carbocycles. The van der Waals surface area contributed by atoms with Crippen LogP contribution in [0.5, 0.6) is 0 Å². The molecule has 5 rings (SSSR count). The summed E-state index contributed by atoms with van der Waals surface area (Å²) in [6.45, 7) is 4.67. The van der Waals surface area contributed by atoms with Gasteiger partial charge in [-0.15, -0.1) is 0 Å². The summed E-state index contributed by atoms with van der Waals surface area (Å²) < 4.78 is 0. The quantitative estimate of drug-likeness (QED) is 0.553. The second kappa shape index (κ2) is 8.42. The molecule has 7 heteroatoms. The molecule has 2 aromatic heterocycles. The number of hydrogen-bond acceptors (Lipinski definition) is 7. The van der Waals surface area contributed by atoms with Gasteiger partial charge < -0.3 is 10.2 Å². The van der Waals surface area contributed by atoms with Crippen LogP contribution in [-0.4, -0.2) is 51.0 Å². The first-order valence-corrected chi connectivity index (χ1v) is 10.2. The molecule has 3 heterocycles. The van der Waals surface area contributed by atoms with E-state index in [0.717, 1.165) is 38.4 Å². The second-order valence-electron chi connectivity index (χ2n) is 7.34. The highest BCUT2D eigenvalue weighted by Crippen LogP contribution is 2.24. The smallest absolute Gasteiger partial charge is 0.229 e. The maximum absolute atomic E-state index is 4.81. The molecule has 7 nitrogen and oxygen atoms in total. The van der Waals surface area contributed by atoms with Gasteiger partial charge >= 0.3 is 0 Å². The van der Waals surface area contributed by atoms with Crippen LogP contribution in [0.25, 0.3) is 11.2 Å². The van der Waals surface area contributed by atoms with Crippen LogP contribution in [0.1, 0.15) is 5.56 Å². The van der Waals surface area contributed by atoms with Crippen molar-refractivity contribution in [2.75, 3.05) is 36.4 Å². The molecule has 150 valence electrons. The number of anilines is 3. The highest BCUT2D eigenvalue weighted by Gasteiger charge is 2.21. The summed E-state index contributed by atoms with van der Waals surface area (Å²) in [5, 5.41) is 3.38. The standard InChI is InChI=1S/C23H23N7/c1-3-7-18(8-4-1)17-29-13-15-30(16-14-29)23-27-21-20(24-11-12-25-21)22(28-23)26-19-9-5-2-6-10-19/h1-12H,13-17H2,(H,25,26,27,28). The van der Waals surface area contributed by atoms with E-state index in [1.807, 2.05) is 30.3 Å². The van der Waals surface area contributed by atoms with E-state index in [9.17, 15) is 0 Å². The molecule has 0 spiro atoms. The summed E-state index contributed by atoms with van der Waals surface area (Å²) in [5.41, 5.74) is 3.58. The Bertz CT molecular complexity index is 1110. The summed E-state index contributed by atoms with van der Waals surface area (Å²) >= 11 is 0. The van der Waals surface area contributed by atoms with E-state index in [1.165, 1.54) is 5.56 Å². The van der Waals surface area contributed by atoms with Crippen LogP contribution in [0.3, 0.4) is 0 Å². The van der Waals surface area contributed by atoms with Gasteiger partial charge in [0, 0.05) is 50.8 Å². The largest absolute Gasteiger partial charge is 0.338 e. The van der Waals surface area contributed by atoms with Crippen LogP contribution in [0.15, 0.2) is 73.1 Å². The van der Waals surface area contributed by atoms with Gasteiger partial charge in [-0.25, -0.2) is 9.97 Å². The molecule has 0 bridgehead atoms. The first-order chi connectivity index (χ1) is 14.8. The van der Waals surface area contributed by atoms with Gasteiger partial charge in [0.1, 0.15) is 0 Å². The molecule has 0 aliphatic carbocycles. The molecule has 1 aliphatic rings. The van der Waals surface area contributed by atoms with Crippen LogP contribution in [0, 0.1) is 0 Å². The minimum Gasteiger partial charge on any atom is -0.338 e. The Morgan fingerprint density at radius 1 is 0.767 bits per heavy atom. The number of fused-ring (bicyclic) bond motifs is 1. The Morgan fingerprint density at radius 3 is 2.23 bits per heavy atom. The third-order valence-corrected chi connectivity index (χ3v) is 5.26. The molecule has 0 unspecified atom stereocenters. The Kier molecular flexibility index (Phi) is 5.18. The number of para-hydroxylation sites is 1. The molecule has 4 aromatic rings. The molecule has 1 saturated heterocycles. The number of piperazine rings is 1. The zero-order valence-corrected chi connectivity index (χ0v) is 16.6. The first-order valence-electron chi connectivity index (χ1n) is 10.2. The van der Waals surface area contributed by atoms with E-state index in [-0.39, 0.29) is 0 Å². The lowest BCUT2D eigenvalue weighted by Gasteiger charge is -2.34. The number of hydrogen-bond donors (Lipinski definition) is 1. The van der Waals surface area contributed by atoms with Crippen LogP contribution >= 0.6 is 0 Å². The number of rotatable bonds is 5. The Labute approximate surface area is 175 Å². The second-order valence-corrected chi connectivity index (χ2v) is 7.34. The topological polar surface area (TPSA) is 70.1 Å². The maximum Gasteiger partial charge on any atom is 0.229 e. The van der Waals surface area contributed by atoms with Crippen molar-refractivity contribution in [2.24, 2.45) is 0 Å². The van der Waals surface area contributed by atoms with E-state index in [1.54, 1.807) is 12.4 Å². The zero-order valence-electron chi connectivity index (χ0n) is 16.6. The fraction of sp³-hybridized carbons (Fsp3) is 0.217. The highest BCUT2D eigenvalue weighted by atomic mass is 15.3. The average molecular weight is 397 g/mol. The maximum atomic E-state index is 4.81. The minimum absolute atomic E-state index is 0.604. The van der Waals surface area contributed by atoms with Crippen molar-refractivity contribution in [1.82, 2.24) is 24.8 Å². The summed E-state index contributed by atoms with van der Waals surface area (Å²) in [4.78, 5) is 23.1. The lowest BCUT2D eigenvalue weighted by atomic mass is 10.2. The monoisotopic (exact) mass is 397 g/mol. The van der Waals surface area contributed by atoms with Gasteiger partial charge in [0.25, 0.3) is 0 Å². The predicted octanol–water partition coefficient (Wildman–Crippen LogP) is 3.49. The lowest BCUT2D eigenvalue weighted by Crippen LogP contribution is -2.46. The third kappa shape index (κ3) is 4.06. The summed E-state index contributed by atoms with van der Waals surface area (Å²) in [7, 11) is 0. The molecule has 0 atom stereocenters. The van der Waals surface area contributed by atoms with Gasteiger partial charge in [-0.2, -0.15) is 9.97 Å². The van der Waals surface area contributed by atoms with Gasteiger partial charge in [-0.05, 0) is 17.7 Å². The molecule has 30 heavy (non-hydrogen) atoms. The minimum atomic E-state index is 0.604. The predicted molar refractivity (Wildman–Crippen MR) is 119 cm³/mol. The van der Waals surface area contributed by atoms with Crippen molar-refractivity contribution >= 4 is 28.6 Å². The van der Waals surface area contributed by atoms with Crippen molar-refractivity contribution in [2.45, 2.75) is 6.54 Å². The highest BCUT2D eigenvalue weighted by molar-refractivity contribution is 5.85. The van der Waals surface area contributed by atoms with E-state index >= 15 is 0 Å². The van der Waals surface area contributed by atoms with Gasteiger partial charge in [-0.1, -0.05) is 48.5 Å². The normalized spacial score (nSPS) is 14.7.